The first-order valence-electron chi connectivity index (χ1n) is 6.38. The molecule has 0 aliphatic rings. The van der Waals surface area contributed by atoms with Crippen molar-refractivity contribution >= 4 is 28.9 Å². The Hall–Kier alpha value is -1.18. The summed E-state index contributed by atoms with van der Waals surface area (Å²) < 4.78 is 0. The van der Waals surface area contributed by atoms with Crippen molar-refractivity contribution < 1.29 is 0 Å². The molecule has 3 heteroatoms. The summed E-state index contributed by atoms with van der Waals surface area (Å²) in [5.41, 5.74) is 3.39. The zero-order chi connectivity index (χ0) is 13.7. The highest BCUT2D eigenvalue weighted by Gasteiger charge is 2.13. The molecule has 0 spiro atoms. The van der Waals surface area contributed by atoms with Gasteiger partial charge in [-0.15, -0.1) is 11.6 Å². The third-order valence-corrected chi connectivity index (χ3v) is 3.72. The Kier molecular flexibility index (Phi) is 5.12. The maximum absolute atomic E-state index is 6.35. The molecule has 0 fully saturated rings. The summed E-state index contributed by atoms with van der Waals surface area (Å²) in [4.78, 5) is 2.26. The van der Waals surface area contributed by atoms with Crippen molar-refractivity contribution in [2.24, 2.45) is 0 Å². The normalized spacial score (nSPS) is 10.5. The van der Waals surface area contributed by atoms with Gasteiger partial charge in [-0.1, -0.05) is 54.1 Å². The molecule has 0 aromatic heterocycles. The molecule has 0 bridgehead atoms. The van der Waals surface area contributed by atoms with Gasteiger partial charge in [-0.05, 0) is 24.1 Å². The van der Waals surface area contributed by atoms with Crippen LogP contribution in [0.2, 0.25) is 5.02 Å². The Balaban J connectivity index is 2.32. The van der Waals surface area contributed by atoms with E-state index in [1.165, 1.54) is 5.56 Å². The molecule has 0 aliphatic heterocycles. The van der Waals surface area contributed by atoms with E-state index in [1.807, 2.05) is 24.3 Å². The van der Waals surface area contributed by atoms with Gasteiger partial charge in [0.05, 0.1) is 10.7 Å². The van der Waals surface area contributed by atoms with Crippen LogP contribution in [-0.4, -0.2) is 6.54 Å². The van der Waals surface area contributed by atoms with Gasteiger partial charge in [0, 0.05) is 19.0 Å². The molecule has 0 saturated heterocycles. The van der Waals surface area contributed by atoms with E-state index < -0.39 is 0 Å². The average Bonchev–Trinajstić information content (AvgIpc) is 2.46. The van der Waals surface area contributed by atoms with Crippen molar-refractivity contribution in [3.8, 4) is 0 Å². The summed E-state index contributed by atoms with van der Waals surface area (Å²) in [5.74, 6) is 0.473. The molecular formula is C16H17Cl2N. The van der Waals surface area contributed by atoms with Crippen LogP contribution in [0.5, 0.6) is 0 Å². The first kappa shape index (κ1) is 14.2. The van der Waals surface area contributed by atoms with Gasteiger partial charge in [0.2, 0.25) is 0 Å². The molecule has 0 unspecified atom stereocenters. The van der Waals surface area contributed by atoms with E-state index in [-0.39, 0.29) is 0 Å². The van der Waals surface area contributed by atoms with Crippen molar-refractivity contribution in [3.05, 3.63) is 64.7 Å². The minimum Gasteiger partial charge on any atom is -0.366 e. The van der Waals surface area contributed by atoms with E-state index in [4.69, 9.17) is 23.2 Å². The summed E-state index contributed by atoms with van der Waals surface area (Å²) >= 11 is 12.4. The lowest BCUT2D eigenvalue weighted by Gasteiger charge is -2.26. The van der Waals surface area contributed by atoms with Gasteiger partial charge in [-0.25, -0.2) is 0 Å². The topological polar surface area (TPSA) is 3.24 Å². The Labute approximate surface area is 124 Å². The zero-order valence-electron chi connectivity index (χ0n) is 10.9. The predicted molar refractivity (Wildman–Crippen MR) is 84.2 cm³/mol. The van der Waals surface area contributed by atoms with E-state index in [2.05, 4.69) is 36.1 Å². The third-order valence-electron chi connectivity index (χ3n) is 3.13. The van der Waals surface area contributed by atoms with Crippen LogP contribution in [0.25, 0.3) is 0 Å². The first-order chi connectivity index (χ1) is 9.26. The number of hydrogen-bond acceptors (Lipinski definition) is 1. The second-order valence-electron chi connectivity index (χ2n) is 4.38. The van der Waals surface area contributed by atoms with Gasteiger partial charge in [0.1, 0.15) is 0 Å². The largest absolute Gasteiger partial charge is 0.366 e. The van der Waals surface area contributed by atoms with Crippen LogP contribution in [0.15, 0.2) is 48.5 Å². The number of hydrogen-bond donors (Lipinski definition) is 0. The fourth-order valence-electron chi connectivity index (χ4n) is 2.17. The molecule has 2 rings (SSSR count). The van der Waals surface area contributed by atoms with Crippen molar-refractivity contribution in [1.29, 1.82) is 0 Å². The minimum absolute atomic E-state index is 0.473. The van der Waals surface area contributed by atoms with Crippen LogP contribution >= 0.6 is 23.2 Å². The summed E-state index contributed by atoms with van der Waals surface area (Å²) in [6.45, 7) is 3.86. The van der Waals surface area contributed by atoms with Gasteiger partial charge >= 0.3 is 0 Å². The molecule has 0 radical (unpaired) electrons. The van der Waals surface area contributed by atoms with Gasteiger partial charge in [-0.2, -0.15) is 0 Å². The quantitative estimate of drug-likeness (QED) is 0.693. The number of nitrogens with zero attached hydrogens (tertiary/aromatic N) is 1. The van der Waals surface area contributed by atoms with E-state index in [0.29, 0.717) is 5.88 Å². The monoisotopic (exact) mass is 293 g/mol. The van der Waals surface area contributed by atoms with E-state index in [1.54, 1.807) is 0 Å². The van der Waals surface area contributed by atoms with Gasteiger partial charge in [-0.3, -0.25) is 0 Å². The summed E-state index contributed by atoms with van der Waals surface area (Å²) in [6, 6.07) is 16.3. The van der Waals surface area contributed by atoms with Crippen molar-refractivity contribution in [3.63, 3.8) is 0 Å². The fraction of sp³-hybridized carbons (Fsp3) is 0.250. The van der Waals surface area contributed by atoms with Crippen LogP contribution in [0.1, 0.15) is 18.1 Å². The van der Waals surface area contributed by atoms with Gasteiger partial charge in [0.15, 0.2) is 0 Å². The number of halogens is 2. The lowest BCUT2D eigenvalue weighted by atomic mass is 10.1. The number of alkyl halides is 1. The van der Waals surface area contributed by atoms with Gasteiger partial charge in [0.25, 0.3) is 0 Å². The number of benzene rings is 2. The smallest absolute Gasteiger partial charge is 0.0642 e. The van der Waals surface area contributed by atoms with Crippen LogP contribution in [0.4, 0.5) is 5.69 Å². The summed E-state index contributed by atoms with van der Waals surface area (Å²) in [6.07, 6.45) is 0. The Morgan fingerprint density at radius 3 is 2.37 bits per heavy atom. The molecule has 1 nitrogen and oxygen atoms in total. The molecule has 100 valence electrons. The first-order valence-corrected chi connectivity index (χ1v) is 7.29. The van der Waals surface area contributed by atoms with Crippen LogP contribution in [-0.2, 0) is 12.4 Å². The molecule has 2 aromatic carbocycles. The van der Waals surface area contributed by atoms with Crippen molar-refractivity contribution in [2.75, 3.05) is 11.4 Å². The number of rotatable bonds is 5. The summed E-state index contributed by atoms with van der Waals surface area (Å²) in [5, 5.41) is 0.760. The van der Waals surface area contributed by atoms with Crippen LogP contribution in [0.3, 0.4) is 0 Å². The SMILES string of the molecule is CCN(Cc1ccccc1)c1c(Cl)cccc1CCl. The highest BCUT2D eigenvalue weighted by molar-refractivity contribution is 6.33. The summed E-state index contributed by atoms with van der Waals surface area (Å²) in [7, 11) is 0. The molecular weight excluding hydrogens is 277 g/mol. The van der Waals surface area contributed by atoms with Crippen LogP contribution < -0.4 is 4.90 Å². The Morgan fingerprint density at radius 1 is 1.00 bits per heavy atom. The highest BCUT2D eigenvalue weighted by atomic mass is 35.5. The molecule has 0 saturated carbocycles. The number of anilines is 1. The second kappa shape index (κ2) is 6.83. The molecule has 0 heterocycles. The Morgan fingerprint density at radius 2 is 1.74 bits per heavy atom. The van der Waals surface area contributed by atoms with Crippen molar-refractivity contribution in [1.82, 2.24) is 0 Å². The molecule has 0 N–H and O–H groups in total. The molecule has 0 atom stereocenters. The van der Waals surface area contributed by atoms with Crippen LogP contribution in [0, 0.1) is 0 Å². The second-order valence-corrected chi connectivity index (χ2v) is 5.06. The van der Waals surface area contributed by atoms with E-state index in [0.717, 1.165) is 29.4 Å². The minimum atomic E-state index is 0.473. The Bertz CT molecular complexity index is 526. The van der Waals surface area contributed by atoms with Gasteiger partial charge < -0.3 is 4.90 Å². The molecule has 0 aliphatic carbocycles. The number of para-hydroxylation sites is 1. The predicted octanol–water partition coefficient (Wildman–Crippen LogP) is 5.11. The lowest BCUT2D eigenvalue weighted by Crippen LogP contribution is -2.23. The standard InChI is InChI=1S/C16H17Cl2N/c1-2-19(12-13-7-4-3-5-8-13)16-14(11-17)9-6-10-15(16)18/h3-10H,2,11-12H2,1H3. The fourth-order valence-corrected chi connectivity index (χ4v) is 2.70. The lowest BCUT2D eigenvalue weighted by molar-refractivity contribution is 0.827. The molecule has 2 aromatic rings. The third kappa shape index (κ3) is 3.43. The zero-order valence-corrected chi connectivity index (χ0v) is 12.5. The maximum Gasteiger partial charge on any atom is 0.0642 e. The van der Waals surface area contributed by atoms with Crippen molar-refractivity contribution in [2.45, 2.75) is 19.3 Å². The van der Waals surface area contributed by atoms with E-state index >= 15 is 0 Å². The van der Waals surface area contributed by atoms with E-state index in [9.17, 15) is 0 Å². The highest BCUT2D eigenvalue weighted by Crippen LogP contribution is 2.32. The average molecular weight is 294 g/mol. The molecule has 0 amide bonds. The molecule has 19 heavy (non-hydrogen) atoms. The maximum atomic E-state index is 6.35.